The minimum atomic E-state index is -2.63. The van der Waals surface area contributed by atoms with Gasteiger partial charge in [-0.25, -0.2) is 0 Å². The lowest BCUT2D eigenvalue weighted by molar-refractivity contribution is 0.103. The number of halogens is 5. The Hall–Kier alpha value is -1.45. The number of hydrogen-bond donors (Lipinski definition) is 0. The first-order chi connectivity index (χ1) is 15.0. The summed E-state index contributed by atoms with van der Waals surface area (Å²) >= 11 is 30.7. The second-order valence-electron chi connectivity index (χ2n) is 7.16. The molecule has 0 aliphatic heterocycles. The number of rotatable bonds is 5. The lowest BCUT2D eigenvalue weighted by Gasteiger charge is -2.14. The van der Waals surface area contributed by atoms with E-state index >= 15 is 0 Å². The fourth-order valence-corrected chi connectivity index (χ4v) is 6.21. The van der Waals surface area contributed by atoms with Gasteiger partial charge in [0.1, 0.15) is 0 Å². The van der Waals surface area contributed by atoms with E-state index in [-0.39, 0.29) is 41.5 Å². The van der Waals surface area contributed by atoms with Gasteiger partial charge >= 0.3 is 0 Å². The average Bonchev–Trinajstić information content (AvgIpc) is 2.75. The van der Waals surface area contributed by atoms with Crippen molar-refractivity contribution >= 4 is 82.4 Å². The number of carbonyl (C=O) groups excluding carboxylic acids is 2. The van der Waals surface area contributed by atoms with Crippen molar-refractivity contribution in [2.75, 3.05) is 0 Å². The summed E-state index contributed by atoms with van der Waals surface area (Å²) in [6.45, 7) is 5.48. The normalized spacial score (nSPS) is 11.4. The molecule has 3 aromatic carbocycles. The summed E-state index contributed by atoms with van der Waals surface area (Å²) in [5.41, 5.74) is 2.03. The van der Waals surface area contributed by atoms with Crippen molar-refractivity contribution in [3.8, 4) is 0 Å². The minimum Gasteiger partial charge on any atom is -0.288 e. The van der Waals surface area contributed by atoms with Crippen LogP contribution in [0.4, 0.5) is 0 Å². The first-order valence-electron chi connectivity index (χ1n) is 9.21. The first-order valence-corrected chi connectivity index (χ1v) is 12.4. The molecular weight excluding hydrogens is 532 g/mol. The maximum atomic E-state index is 13.4. The molecule has 0 aliphatic carbocycles. The third-order valence-electron chi connectivity index (χ3n) is 4.88. The Bertz CT molecular complexity index is 1270. The summed E-state index contributed by atoms with van der Waals surface area (Å²) < 4.78 is 13.4. The van der Waals surface area contributed by atoms with Gasteiger partial charge in [0, 0.05) is 11.1 Å². The Kier molecular flexibility index (Phi) is 7.72. The minimum absolute atomic E-state index is 0.00244. The third kappa shape index (κ3) is 4.48. The predicted molar refractivity (Wildman–Crippen MR) is 134 cm³/mol. The van der Waals surface area contributed by atoms with Gasteiger partial charge in [0.2, 0.25) is 5.52 Å². The molecule has 0 fully saturated rings. The molecule has 32 heavy (non-hydrogen) atoms. The van der Waals surface area contributed by atoms with E-state index in [4.69, 9.17) is 58.0 Å². The highest BCUT2D eigenvalue weighted by molar-refractivity contribution is 7.71. The van der Waals surface area contributed by atoms with Gasteiger partial charge in [-0.2, -0.15) is 0 Å². The molecule has 1 radical (unpaired) electrons. The van der Waals surface area contributed by atoms with Crippen molar-refractivity contribution in [1.29, 1.82) is 0 Å². The highest BCUT2D eigenvalue weighted by Gasteiger charge is 2.30. The fraction of sp³-hybridized carbons (Fsp3) is 0.130. The van der Waals surface area contributed by atoms with Crippen molar-refractivity contribution in [3.05, 3.63) is 94.9 Å². The Labute approximate surface area is 211 Å². The van der Waals surface area contributed by atoms with Crippen LogP contribution in [0, 0.1) is 20.8 Å². The molecule has 0 aromatic heterocycles. The maximum Gasteiger partial charge on any atom is 0.247 e. The molecule has 0 bridgehead atoms. The van der Waals surface area contributed by atoms with Gasteiger partial charge < -0.3 is 0 Å². The SMILES string of the molecule is Cc1cc(C)c(C(=O)[P](=O)c2ccccc2C(=O)c2c(Cl)c(Cl)c(Cl)c(Cl)c2Cl)c(C)c1. The van der Waals surface area contributed by atoms with Crippen molar-refractivity contribution in [2.24, 2.45) is 0 Å². The fourth-order valence-electron chi connectivity index (χ4n) is 3.51. The van der Waals surface area contributed by atoms with Crippen LogP contribution in [0.2, 0.25) is 25.1 Å². The molecule has 0 amide bonds. The molecule has 0 N–H and O–H groups in total. The van der Waals surface area contributed by atoms with Gasteiger partial charge in [-0.15, -0.1) is 0 Å². The van der Waals surface area contributed by atoms with Gasteiger partial charge in [0.15, 0.2) is 13.6 Å². The molecule has 165 valence electrons. The smallest absolute Gasteiger partial charge is 0.247 e. The summed E-state index contributed by atoms with van der Waals surface area (Å²) in [5.74, 6) is -0.676. The number of ketones is 1. The predicted octanol–water partition coefficient (Wildman–Crippen LogP) is 8.40. The highest BCUT2D eigenvalue weighted by Crippen LogP contribution is 2.45. The zero-order valence-corrected chi connectivity index (χ0v) is 21.7. The molecule has 3 rings (SSSR count). The van der Waals surface area contributed by atoms with Gasteiger partial charge in [-0.1, -0.05) is 87.8 Å². The van der Waals surface area contributed by atoms with Crippen LogP contribution >= 0.6 is 65.8 Å². The van der Waals surface area contributed by atoms with Crippen molar-refractivity contribution in [2.45, 2.75) is 20.8 Å². The van der Waals surface area contributed by atoms with E-state index in [1.54, 1.807) is 26.0 Å². The molecule has 0 heterocycles. The monoisotopic (exact) mass is 545 g/mol. The van der Waals surface area contributed by atoms with Crippen LogP contribution in [0.3, 0.4) is 0 Å². The van der Waals surface area contributed by atoms with E-state index < -0.39 is 19.1 Å². The Balaban J connectivity index is 2.15. The molecule has 0 saturated heterocycles. The summed E-state index contributed by atoms with van der Waals surface area (Å²) in [5, 5.41) is -0.647. The van der Waals surface area contributed by atoms with Gasteiger partial charge in [0.25, 0.3) is 0 Å². The van der Waals surface area contributed by atoms with Crippen molar-refractivity contribution in [3.63, 3.8) is 0 Å². The summed E-state index contributed by atoms with van der Waals surface area (Å²) in [6.07, 6.45) is 0. The summed E-state index contributed by atoms with van der Waals surface area (Å²) in [7, 11) is -2.63. The van der Waals surface area contributed by atoms with Crippen molar-refractivity contribution < 1.29 is 14.2 Å². The van der Waals surface area contributed by atoms with E-state index in [2.05, 4.69) is 0 Å². The molecule has 0 saturated carbocycles. The zero-order valence-electron chi connectivity index (χ0n) is 17.0. The lowest BCUT2D eigenvalue weighted by atomic mass is 10.0. The molecule has 9 heteroatoms. The van der Waals surface area contributed by atoms with Crippen LogP contribution in [0.15, 0.2) is 36.4 Å². The molecule has 0 spiro atoms. The summed E-state index contributed by atoms with van der Waals surface area (Å²) in [4.78, 5) is 26.6. The number of aryl methyl sites for hydroxylation is 3. The molecule has 3 aromatic rings. The Morgan fingerprint density at radius 3 is 1.72 bits per heavy atom. The van der Waals surface area contributed by atoms with Crippen LogP contribution in [0.1, 0.15) is 43.0 Å². The van der Waals surface area contributed by atoms with E-state index in [1.165, 1.54) is 12.1 Å². The number of carbonyl (C=O) groups is 2. The second kappa shape index (κ2) is 9.81. The molecular formula is C23H15Cl5O3P. The molecule has 1 unspecified atom stereocenters. The quantitative estimate of drug-likeness (QED) is 0.139. The molecule has 3 nitrogen and oxygen atoms in total. The highest BCUT2D eigenvalue weighted by atomic mass is 35.5. The number of benzene rings is 3. The van der Waals surface area contributed by atoms with Crippen LogP contribution in [-0.2, 0) is 4.57 Å². The third-order valence-corrected chi connectivity index (χ3v) is 8.58. The molecule has 0 aliphatic rings. The zero-order chi connectivity index (χ0) is 23.9. The van der Waals surface area contributed by atoms with E-state index in [1.807, 2.05) is 19.1 Å². The van der Waals surface area contributed by atoms with Gasteiger partial charge in [-0.3, -0.25) is 14.2 Å². The van der Waals surface area contributed by atoms with E-state index in [0.717, 1.165) is 5.56 Å². The van der Waals surface area contributed by atoms with E-state index in [0.29, 0.717) is 16.7 Å². The Morgan fingerprint density at radius 2 is 1.19 bits per heavy atom. The van der Waals surface area contributed by atoms with Gasteiger partial charge in [0.05, 0.1) is 36.0 Å². The standard InChI is InChI=1S/C23H15Cl5O3P/c1-10-8-11(2)15(12(3)9-10)23(30)32(31)14-7-5-4-6-13(14)22(29)16-17(24)19(26)21(28)20(27)18(16)25/h4-9H,1-3H3. The largest absolute Gasteiger partial charge is 0.288 e. The van der Waals surface area contributed by atoms with Gasteiger partial charge in [-0.05, 0) is 44.0 Å². The van der Waals surface area contributed by atoms with E-state index in [9.17, 15) is 14.2 Å². The lowest BCUT2D eigenvalue weighted by Crippen LogP contribution is -2.17. The van der Waals surface area contributed by atoms with Crippen LogP contribution in [0.5, 0.6) is 0 Å². The average molecular weight is 548 g/mol. The Morgan fingerprint density at radius 1 is 0.719 bits per heavy atom. The maximum absolute atomic E-state index is 13.4. The van der Waals surface area contributed by atoms with Crippen LogP contribution < -0.4 is 5.30 Å². The molecule has 1 atom stereocenters. The van der Waals surface area contributed by atoms with Crippen molar-refractivity contribution in [1.82, 2.24) is 0 Å². The first kappa shape index (κ1) is 25.2. The van der Waals surface area contributed by atoms with Crippen LogP contribution in [-0.4, -0.2) is 11.3 Å². The topological polar surface area (TPSA) is 51.2 Å². The second-order valence-corrected chi connectivity index (χ2v) is 10.5. The summed E-state index contributed by atoms with van der Waals surface area (Å²) in [6, 6.07) is 9.76. The number of hydrogen-bond acceptors (Lipinski definition) is 3. The van der Waals surface area contributed by atoms with Crippen LogP contribution in [0.25, 0.3) is 0 Å².